The molecule has 2 aliphatic carbocycles. The van der Waals surface area contributed by atoms with E-state index in [0.29, 0.717) is 6.42 Å². The molecular formula is C9H12Na2O4. The first-order valence-corrected chi connectivity index (χ1v) is 4.25. The van der Waals surface area contributed by atoms with Gasteiger partial charge in [0.25, 0.3) is 0 Å². The Morgan fingerprint density at radius 3 is 1.53 bits per heavy atom. The van der Waals surface area contributed by atoms with Gasteiger partial charge in [0.2, 0.25) is 0 Å². The summed E-state index contributed by atoms with van der Waals surface area (Å²) >= 11 is 0. The number of carboxylic acid groups (broad SMARTS) is 2. The zero-order valence-electron chi connectivity index (χ0n) is 6.88. The summed E-state index contributed by atoms with van der Waals surface area (Å²) in [6, 6.07) is 0. The normalized spacial score (nSPS) is 35.5. The van der Waals surface area contributed by atoms with Gasteiger partial charge in [0, 0.05) is 0 Å². The van der Waals surface area contributed by atoms with Crippen molar-refractivity contribution in [2.45, 2.75) is 6.42 Å². The third-order valence-electron chi connectivity index (χ3n) is 3.03. The minimum absolute atomic E-state index is 0. The van der Waals surface area contributed by atoms with Crippen molar-refractivity contribution in [2.75, 3.05) is 0 Å². The van der Waals surface area contributed by atoms with E-state index in [4.69, 9.17) is 10.2 Å². The van der Waals surface area contributed by atoms with E-state index in [2.05, 4.69) is 0 Å². The van der Waals surface area contributed by atoms with Crippen LogP contribution in [-0.2, 0) is 9.59 Å². The van der Waals surface area contributed by atoms with Gasteiger partial charge in [-0.3, -0.25) is 9.59 Å². The van der Waals surface area contributed by atoms with Crippen molar-refractivity contribution >= 4 is 71.1 Å². The summed E-state index contributed by atoms with van der Waals surface area (Å²) in [4.78, 5) is 21.6. The van der Waals surface area contributed by atoms with Gasteiger partial charge in [0.05, 0.1) is 11.8 Å². The SMILES string of the molecule is O=C(O)C1C2C=CC(C2)C1C(=O)O.[NaH].[NaH]. The van der Waals surface area contributed by atoms with Gasteiger partial charge >= 0.3 is 71.1 Å². The number of aliphatic carboxylic acids is 2. The number of allylic oxidation sites excluding steroid dienone is 2. The molecule has 2 N–H and O–H groups in total. The van der Waals surface area contributed by atoms with Gasteiger partial charge in [-0.05, 0) is 18.3 Å². The Hall–Kier alpha value is 0.680. The third-order valence-corrected chi connectivity index (χ3v) is 3.03. The van der Waals surface area contributed by atoms with Crippen LogP contribution in [0.25, 0.3) is 0 Å². The van der Waals surface area contributed by atoms with Crippen LogP contribution in [0.1, 0.15) is 6.42 Å². The van der Waals surface area contributed by atoms with Crippen molar-refractivity contribution in [1.29, 1.82) is 0 Å². The van der Waals surface area contributed by atoms with Gasteiger partial charge in [-0.1, -0.05) is 12.2 Å². The monoisotopic (exact) mass is 230 g/mol. The van der Waals surface area contributed by atoms with Crippen LogP contribution >= 0.6 is 0 Å². The average Bonchev–Trinajstić information content (AvgIpc) is 2.60. The van der Waals surface area contributed by atoms with Crippen molar-refractivity contribution in [3.63, 3.8) is 0 Å². The molecule has 0 spiro atoms. The predicted molar refractivity (Wildman–Crippen MR) is 57.3 cm³/mol. The summed E-state index contributed by atoms with van der Waals surface area (Å²) < 4.78 is 0. The van der Waals surface area contributed by atoms with Crippen molar-refractivity contribution in [3.8, 4) is 0 Å². The quantitative estimate of drug-likeness (QED) is 0.485. The Labute approximate surface area is 132 Å². The molecule has 2 rings (SSSR count). The van der Waals surface area contributed by atoms with Crippen LogP contribution in [0.2, 0.25) is 0 Å². The predicted octanol–water partition coefficient (Wildman–Crippen LogP) is -0.703. The second kappa shape index (κ2) is 5.84. The molecular weight excluding hydrogens is 218 g/mol. The summed E-state index contributed by atoms with van der Waals surface area (Å²) in [5.41, 5.74) is 0. The second-order valence-electron chi connectivity index (χ2n) is 3.68. The summed E-state index contributed by atoms with van der Waals surface area (Å²) in [6.45, 7) is 0. The van der Waals surface area contributed by atoms with E-state index in [1.807, 2.05) is 12.2 Å². The molecule has 0 saturated heterocycles. The summed E-state index contributed by atoms with van der Waals surface area (Å²) in [6.07, 6.45) is 4.36. The van der Waals surface area contributed by atoms with Crippen LogP contribution < -0.4 is 0 Å². The molecule has 0 aromatic carbocycles. The Kier molecular flexibility index (Phi) is 6.11. The molecule has 1 saturated carbocycles. The number of hydrogen-bond donors (Lipinski definition) is 2. The molecule has 74 valence electrons. The van der Waals surface area contributed by atoms with E-state index in [9.17, 15) is 9.59 Å². The molecule has 6 heteroatoms. The van der Waals surface area contributed by atoms with Crippen molar-refractivity contribution < 1.29 is 19.8 Å². The van der Waals surface area contributed by atoms with E-state index in [-0.39, 0.29) is 71.0 Å². The standard InChI is InChI=1S/C9H10O4.2Na.2H/c10-8(11)6-4-1-2-5(3-4)7(6)9(12)13;;;;/h1-2,4-7H,3H2,(H,10,11)(H,12,13);;;;. The first-order chi connectivity index (χ1) is 6.11. The van der Waals surface area contributed by atoms with Crippen LogP contribution in [-0.4, -0.2) is 81.3 Å². The molecule has 0 aromatic rings. The Bertz CT molecular complexity index is 274. The Morgan fingerprint density at radius 1 is 0.933 bits per heavy atom. The molecule has 0 aromatic heterocycles. The number of rotatable bonds is 2. The van der Waals surface area contributed by atoms with Crippen molar-refractivity contribution in [1.82, 2.24) is 0 Å². The fourth-order valence-electron chi connectivity index (χ4n) is 2.50. The molecule has 4 unspecified atom stereocenters. The first-order valence-electron chi connectivity index (χ1n) is 4.25. The topological polar surface area (TPSA) is 74.6 Å². The molecule has 4 atom stereocenters. The molecule has 0 aliphatic heterocycles. The molecule has 0 amide bonds. The Balaban J connectivity index is 0.000000980. The summed E-state index contributed by atoms with van der Waals surface area (Å²) in [5, 5.41) is 17.7. The summed E-state index contributed by atoms with van der Waals surface area (Å²) in [5.74, 6) is -3.53. The van der Waals surface area contributed by atoms with Gasteiger partial charge in [-0.15, -0.1) is 0 Å². The van der Waals surface area contributed by atoms with Crippen LogP contribution in [0, 0.1) is 23.7 Å². The number of carbonyl (C=O) groups is 2. The van der Waals surface area contributed by atoms with E-state index in [1.165, 1.54) is 0 Å². The molecule has 2 bridgehead atoms. The molecule has 1 fully saturated rings. The zero-order valence-corrected chi connectivity index (χ0v) is 6.88. The van der Waals surface area contributed by atoms with Gasteiger partial charge in [0.15, 0.2) is 0 Å². The fourth-order valence-corrected chi connectivity index (χ4v) is 2.50. The van der Waals surface area contributed by atoms with Gasteiger partial charge in [-0.2, -0.15) is 0 Å². The van der Waals surface area contributed by atoms with Gasteiger partial charge in [0.1, 0.15) is 0 Å². The van der Waals surface area contributed by atoms with E-state index in [0.717, 1.165) is 0 Å². The molecule has 4 nitrogen and oxygen atoms in total. The van der Waals surface area contributed by atoms with Crippen molar-refractivity contribution in [3.05, 3.63) is 12.2 Å². The minimum atomic E-state index is -0.982. The second-order valence-corrected chi connectivity index (χ2v) is 3.68. The Morgan fingerprint density at radius 2 is 1.27 bits per heavy atom. The maximum atomic E-state index is 10.8. The van der Waals surface area contributed by atoms with E-state index < -0.39 is 23.8 Å². The number of fused-ring (bicyclic) bond motifs is 2. The van der Waals surface area contributed by atoms with Gasteiger partial charge in [-0.25, -0.2) is 0 Å². The van der Waals surface area contributed by atoms with Crippen molar-refractivity contribution in [2.24, 2.45) is 23.7 Å². The fraction of sp³-hybridized carbons (Fsp3) is 0.556. The number of hydrogen-bond acceptors (Lipinski definition) is 2. The maximum absolute atomic E-state index is 10.8. The zero-order chi connectivity index (χ0) is 9.59. The number of carboxylic acids is 2. The first kappa shape index (κ1) is 15.7. The molecule has 0 radical (unpaired) electrons. The average molecular weight is 230 g/mol. The van der Waals surface area contributed by atoms with Gasteiger partial charge < -0.3 is 10.2 Å². The summed E-state index contributed by atoms with van der Waals surface area (Å²) in [7, 11) is 0. The van der Waals surface area contributed by atoms with Crippen LogP contribution in [0.15, 0.2) is 12.2 Å². The van der Waals surface area contributed by atoms with E-state index in [1.54, 1.807) is 0 Å². The molecule has 2 aliphatic rings. The molecule has 15 heavy (non-hydrogen) atoms. The van der Waals surface area contributed by atoms with Crippen LogP contribution in [0.3, 0.4) is 0 Å². The van der Waals surface area contributed by atoms with Crippen LogP contribution in [0.4, 0.5) is 0 Å². The third kappa shape index (κ3) is 2.68. The van der Waals surface area contributed by atoms with Crippen LogP contribution in [0.5, 0.6) is 0 Å². The van der Waals surface area contributed by atoms with E-state index >= 15 is 0 Å². The molecule has 0 heterocycles.